The van der Waals surface area contributed by atoms with Gasteiger partial charge in [0.25, 0.3) is 5.91 Å². The Morgan fingerprint density at radius 1 is 1.12 bits per heavy atom. The van der Waals surface area contributed by atoms with Crippen LogP contribution in [0.1, 0.15) is 27.0 Å². The van der Waals surface area contributed by atoms with E-state index in [9.17, 15) is 14.3 Å². The average Bonchev–Trinajstić information content (AvgIpc) is 2.81. The van der Waals surface area contributed by atoms with Gasteiger partial charge in [-0.2, -0.15) is 0 Å². The number of fused-ring (bicyclic) bond motifs is 1. The molecule has 0 aliphatic rings. The van der Waals surface area contributed by atoms with Crippen molar-refractivity contribution in [2.75, 3.05) is 12.4 Å². The van der Waals surface area contributed by atoms with Gasteiger partial charge < -0.3 is 10.4 Å². The first-order chi connectivity index (χ1) is 15.5. The normalized spacial score (nSPS) is 10.9. The van der Waals surface area contributed by atoms with Gasteiger partial charge >= 0.3 is 0 Å². The highest BCUT2D eigenvalue weighted by molar-refractivity contribution is 6.13. The molecule has 4 rings (SSSR count). The molecule has 0 aliphatic heterocycles. The molecule has 0 saturated carbocycles. The SMILES string of the molecule is COOCc1cc(C(=O)Nc2cccnc2)c2cc(Cc3ccc(F)cc3)cnc2c1O. The molecular weight excluding hydrogens is 413 g/mol. The molecule has 8 heteroatoms. The molecular formula is C24H20FN3O4. The van der Waals surface area contributed by atoms with Crippen LogP contribution in [0.15, 0.2) is 67.1 Å². The summed E-state index contributed by atoms with van der Waals surface area (Å²) < 4.78 is 13.2. The molecule has 0 radical (unpaired) electrons. The molecule has 1 amide bonds. The number of amides is 1. The third-order valence-electron chi connectivity index (χ3n) is 4.90. The van der Waals surface area contributed by atoms with E-state index in [0.717, 1.165) is 11.1 Å². The number of hydrogen-bond acceptors (Lipinski definition) is 6. The Morgan fingerprint density at radius 2 is 1.94 bits per heavy atom. The Bertz CT molecular complexity index is 1250. The standard InChI is InChI=1S/C24H20FN3O4/c1-31-32-14-17-11-21(24(30)28-19-3-2-8-26-13-19)20-10-16(12-27-22(20)23(17)29)9-15-4-6-18(25)7-5-15/h2-8,10-13,29H,9,14H2,1H3,(H,28,30). The Kier molecular flexibility index (Phi) is 6.34. The molecule has 0 bridgehead atoms. The maximum Gasteiger partial charge on any atom is 0.256 e. The number of anilines is 1. The number of phenols is 1. The van der Waals surface area contributed by atoms with Gasteiger partial charge in [-0.1, -0.05) is 12.1 Å². The highest BCUT2D eigenvalue weighted by Crippen LogP contribution is 2.32. The summed E-state index contributed by atoms with van der Waals surface area (Å²) in [5.41, 5.74) is 3.16. The minimum atomic E-state index is -0.387. The van der Waals surface area contributed by atoms with Crippen molar-refractivity contribution in [3.63, 3.8) is 0 Å². The van der Waals surface area contributed by atoms with Crippen LogP contribution in [-0.2, 0) is 22.8 Å². The quantitative estimate of drug-likeness (QED) is 0.332. The molecule has 4 aromatic rings. The van der Waals surface area contributed by atoms with Crippen LogP contribution < -0.4 is 5.32 Å². The molecule has 32 heavy (non-hydrogen) atoms. The molecule has 162 valence electrons. The van der Waals surface area contributed by atoms with Crippen molar-refractivity contribution < 1.29 is 24.1 Å². The number of aromatic hydroxyl groups is 1. The highest BCUT2D eigenvalue weighted by atomic mass is 19.1. The number of phenolic OH excluding ortho intramolecular Hbond substituents is 1. The topological polar surface area (TPSA) is 93.6 Å². The van der Waals surface area contributed by atoms with Gasteiger partial charge in [0.2, 0.25) is 0 Å². The van der Waals surface area contributed by atoms with E-state index >= 15 is 0 Å². The molecule has 7 nitrogen and oxygen atoms in total. The lowest BCUT2D eigenvalue weighted by atomic mass is 9.99. The van der Waals surface area contributed by atoms with E-state index in [2.05, 4.69) is 20.2 Å². The van der Waals surface area contributed by atoms with Crippen molar-refractivity contribution in [3.8, 4) is 5.75 Å². The number of carbonyl (C=O) groups excluding carboxylic acids is 1. The third-order valence-corrected chi connectivity index (χ3v) is 4.90. The number of aromatic nitrogens is 2. The zero-order valence-corrected chi connectivity index (χ0v) is 17.2. The van der Waals surface area contributed by atoms with E-state index < -0.39 is 0 Å². The molecule has 2 aromatic carbocycles. The Labute approximate surface area is 183 Å². The fourth-order valence-electron chi connectivity index (χ4n) is 3.36. The fraction of sp³-hybridized carbons (Fsp3) is 0.125. The van der Waals surface area contributed by atoms with Gasteiger partial charge in [-0.05, 0) is 53.9 Å². The van der Waals surface area contributed by atoms with Crippen LogP contribution in [-0.4, -0.2) is 28.1 Å². The van der Waals surface area contributed by atoms with Gasteiger partial charge in [0.1, 0.15) is 23.7 Å². The van der Waals surface area contributed by atoms with Gasteiger partial charge in [-0.25, -0.2) is 14.2 Å². The third kappa shape index (κ3) is 4.72. The van der Waals surface area contributed by atoms with Gasteiger partial charge in [-0.15, -0.1) is 0 Å². The maximum absolute atomic E-state index is 13.2. The Morgan fingerprint density at radius 3 is 2.66 bits per heavy atom. The number of pyridine rings is 2. The first-order valence-corrected chi connectivity index (χ1v) is 9.80. The van der Waals surface area contributed by atoms with E-state index in [4.69, 9.17) is 4.89 Å². The predicted molar refractivity (Wildman–Crippen MR) is 117 cm³/mol. The summed E-state index contributed by atoms with van der Waals surface area (Å²) in [5, 5.41) is 14.0. The minimum Gasteiger partial charge on any atom is -0.505 e. The van der Waals surface area contributed by atoms with E-state index in [1.807, 2.05) is 0 Å². The van der Waals surface area contributed by atoms with Crippen LogP contribution in [0, 0.1) is 5.82 Å². The highest BCUT2D eigenvalue weighted by Gasteiger charge is 2.19. The largest absolute Gasteiger partial charge is 0.505 e. The number of carbonyl (C=O) groups is 1. The lowest BCUT2D eigenvalue weighted by Gasteiger charge is -2.14. The van der Waals surface area contributed by atoms with Crippen molar-refractivity contribution in [1.82, 2.24) is 9.97 Å². The second-order valence-corrected chi connectivity index (χ2v) is 7.10. The smallest absolute Gasteiger partial charge is 0.256 e. The van der Waals surface area contributed by atoms with Crippen LogP contribution in [0.2, 0.25) is 0 Å². The van der Waals surface area contributed by atoms with E-state index in [1.54, 1.807) is 48.8 Å². The van der Waals surface area contributed by atoms with Crippen molar-refractivity contribution in [3.05, 3.63) is 95.2 Å². The summed E-state index contributed by atoms with van der Waals surface area (Å²) >= 11 is 0. The van der Waals surface area contributed by atoms with Crippen molar-refractivity contribution in [2.45, 2.75) is 13.0 Å². The van der Waals surface area contributed by atoms with E-state index in [1.165, 1.54) is 25.4 Å². The van der Waals surface area contributed by atoms with Crippen molar-refractivity contribution in [2.24, 2.45) is 0 Å². The summed E-state index contributed by atoms with van der Waals surface area (Å²) in [6.07, 6.45) is 5.25. The molecule has 0 spiro atoms. The molecule has 0 fully saturated rings. The maximum atomic E-state index is 13.2. The number of hydrogen-bond donors (Lipinski definition) is 2. The van der Waals surface area contributed by atoms with Crippen LogP contribution in [0.5, 0.6) is 5.75 Å². The summed E-state index contributed by atoms with van der Waals surface area (Å²) in [6, 6.07) is 13.0. The number of rotatable bonds is 7. The fourth-order valence-corrected chi connectivity index (χ4v) is 3.36. The lowest BCUT2D eigenvalue weighted by Crippen LogP contribution is -2.13. The lowest BCUT2D eigenvalue weighted by molar-refractivity contribution is -0.282. The summed E-state index contributed by atoms with van der Waals surface area (Å²) in [6.45, 7) is -0.0650. The molecule has 2 heterocycles. The zero-order chi connectivity index (χ0) is 22.5. The predicted octanol–water partition coefficient (Wildman–Crippen LogP) is 4.40. The molecule has 0 unspecified atom stereocenters. The number of benzene rings is 2. The minimum absolute atomic E-state index is 0.0650. The van der Waals surface area contributed by atoms with E-state index in [-0.39, 0.29) is 29.6 Å². The number of halogens is 1. The van der Waals surface area contributed by atoms with Gasteiger partial charge in [0.15, 0.2) is 0 Å². The summed E-state index contributed by atoms with van der Waals surface area (Å²) in [4.78, 5) is 31.1. The molecule has 0 saturated heterocycles. The summed E-state index contributed by atoms with van der Waals surface area (Å²) in [5.74, 6) is -0.791. The second-order valence-electron chi connectivity index (χ2n) is 7.10. The molecule has 2 aromatic heterocycles. The van der Waals surface area contributed by atoms with Crippen molar-refractivity contribution >= 4 is 22.5 Å². The first kappa shape index (κ1) is 21.4. The van der Waals surface area contributed by atoms with Crippen LogP contribution in [0.4, 0.5) is 10.1 Å². The number of nitrogens with one attached hydrogen (secondary N) is 1. The van der Waals surface area contributed by atoms with Crippen molar-refractivity contribution in [1.29, 1.82) is 0 Å². The van der Waals surface area contributed by atoms with Gasteiger partial charge in [0, 0.05) is 28.9 Å². The van der Waals surface area contributed by atoms with E-state index in [0.29, 0.717) is 28.6 Å². The van der Waals surface area contributed by atoms with Crippen LogP contribution >= 0.6 is 0 Å². The monoisotopic (exact) mass is 433 g/mol. The average molecular weight is 433 g/mol. The van der Waals surface area contributed by atoms with Gasteiger partial charge in [0.05, 0.1) is 19.0 Å². The first-order valence-electron chi connectivity index (χ1n) is 9.80. The Balaban J connectivity index is 1.77. The second kappa shape index (κ2) is 9.51. The Hall–Kier alpha value is -3.88. The summed E-state index contributed by atoms with van der Waals surface area (Å²) in [7, 11) is 1.36. The molecule has 0 atom stereocenters. The van der Waals surface area contributed by atoms with Crippen LogP contribution in [0.3, 0.4) is 0 Å². The van der Waals surface area contributed by atoms with Crippen LogP contribution in [0.25, 0.3) is 10.9 Å². The number of nitrogens with zero attached hydrogens (tertiary/aromatic N) is 2. The molecule has 0 aliphatic carbocycles. The zero-order valence-electron chi connectivity index (χ0n) is 17.2. The molecule has 2 N–H and O–H groups in total. The van der Waals surface area contributed by atoms with Gasteiger partial charge in [-0.3, -0.25) is 14.8 Å².